The Balaban J connectivity index is 1.58. The number of piperidine rings is 1. The number of hydrogen-bond donors (Lipinski definition) is 1. The molecule has 7 heteroatoms. The SMILES string of the molecule is Cc1ccc(C(=O)NC2CCN(S(=O)(=O)c3ccc(CC(C)C)cc3)CC2)s1. The second-order valence-corrected chi connectivity index (χ2v) is 11.0. The largest absolute Gasteiger partial charge is 0.349 e. The first-order valence-electron chi connectivity index (χ1n) is 9.72. The Kier molecular flexibility index (Phi) is 6.58. The van der Waals surface area contributed by atoms with Crippen LogP contribution in [0.25, 0.3) is 0 Å². The molecule has 1 amide bonds. The summed E-state index contributed by atoms with van der Waals surface area (Å²) in [5.41, 5.74) is 1.15. The fourth-order valence-corrected chi connectivity index (χ4v) is 5.71. The Hall–Kier alpha value is -1.70. The lowest BCUT2D eigenvalue weighted by Gasteiger charge is -2.31. The molecule has 0 spiro atoms. The van der Waals surface area contributed by atoms with E-state index in [1.54, 1.807) is 12.1 Å². The minimum atomic E-state index is -3.49. The summed E-state index contributed by atoms with van der Waals surface area (Å²) in [5, 5.41) is 3.04. The molecular weight excluding hydrogens is 392 g/mol. The molecule has 3 rings (SSSR count). The molecule has 0 atom stereocenters. The van der Waals surface area contributed by atoms with Crippen LogP contribution >= 0.6 is 11.3 Å². The first-order valence-corrected chi connectivity index (χ1v) is 12.0. The van der Waals surface area contributed by atoms with Gasteiger partial charge in [0.05, 0.1) is 9.77 Å². The highest BCUT2D eigenvalue weighted by atomic mass is 32.2. The van der Waals surface area contributed by atoms with E-state index >= 15 is 0 Å². The highest BCUT2D eigenvalue weighted by Gasteiger charge is 2.30. The van der Waals surface area contributed by atoms with Crippen LogP contribution in [0.15, 0.2) is 41.3 Å². The maximum atomic E-state index is 12.9. The van der Waals surface area contributed by atoms with Gasteiger partial charge in [-0.1, -0.05) is 26.0 Å². The van der Waals surface area contributed by atoms with Crippen LogP contribution in [-0.4, -0.2) is 37.8 Å². The van der Waals surface area contributed by atoms with Crippen LogP contribution in [0.5, 0.6) is 0 Å². The van der Waals surface area contributed by atoms with Gasteiger partial charge in [-0.3, -0.25) is 4.79 Å². The summed E-state index contributed by atoms with van der Waals surface area (Å²) in [4.78, 5) is 14.5. The number of sulfonamides is 1. The number of thiophene rings is 1. The van der Waals surface area contributed by atoms with Crippen LogP contribution in [0.3, 0.4) is 0 Å². The van der Waals surface area contributed by atoms with Crippen LogP contribution in [0, 0.1) is 12.8 Å². The van der Waals surface area contributed by atoms with Crippen molar-refractivity contribution in [2.75, 3.05) is 13.1 Å². The first-order chi connectivity index (χ1) is 13.3. The summed E-state index contributed by atoms with van der Waals surface area (Å²) in [6, 6.07) is 11.0. The number of amides is 1. The zero-order valence-corrected chi connectivity index (χ0v) is 18.3. The number of carbonyl (C=O) groups excluding carboxylic acids is 1. The number of nitrogens with one attached hydrogen (secondary N) is 1. The highest BCUT2D eigenvalue weighted by Crippen LogP contribution is 2.22. The Morgan fingerprint density at radius 3 is 2.32 bits per heavy atom. The highest BCUT2D eigenvalue weighted by molar-refractivity contribution is 7.89. The zero-order chi connectivity index (χ0) is 20.3. The summed E-state index contributed by atoms with van der Waals surface area (Å²) in [6.45, 7) is 7.11. The van der Waals surface area contributed by atoms with E-state index < -0.39 is 10.0 Å². The van der Waals surface area contributed by atoms with E-state index in [1.807, 2.05) is 31.2 Å². The molecule has 0 aliphatic carbocycles. The third kappa shape index (κ3) is 5.01. The molecule has 1 aromatic carbocycles. The van der Waals surface area contributed by atoms with Crippen molar-refractivity contribution >= 4 is 27.3 Å². The monoisotopic (exact) mass is 420 g/mol. The smallest absolute Gasteiger partial charge is 0.261 e. The summed E-state index contributed by atoms with van der Waals surface area (Å²) >= 11 is 1.47. The van der Waals surface area contributed by atoms with Gasteiger partial charge in [0.1, 0.15) is 0 Å². The topological polar surface area (TPSA) is 66.5 Å². The van der Waals surface area contributed by atoms with Crippen molar-refractivity contribution in [2.24, 2.45) is 5.92 Å². The second-order valence-electron chi connectivity index (χ2n) is 7.80. The molecule has 1 aliphatic rings. The minimum Gasteiger partial charge on any atom is -0.349 e. The molecule has 2 heterocycles. The molecule has 1 aliphatic heterocycles. The number of carbonyl (C=O) groups is 1. The third-order valence-corrected chi connectivity index (χ3v) is 7.87. The lowest BCUT2D eigenvalue weighted by molar-refractivity contribution is 0.0928. The maximum Gasteiger partial charge on any atom is 0.261 e. The van der Waals surface area contributed by atoms with E-state index in [-0.39, 0.29) is 11.9 Å². The lowest BCUT2D eigenvalue weighted by atomic mass is 10.0. The summed E-state index contributed by atoms with van der Waals surface area (Å²) in [5.74, 6) is 0.468. The molecule has 0 radical (unpaired) electrons. The van der Waals surface area contributed by atoms with Crippen molar-refractivity contribution < 1.29 is 13.2 Å². The van der Waals surface area contributed by atoms with Gasteiger partial charge in [-0.25, -0.2) is 8.42 Å². The standard InChI is InChI=1S/C21H28N2O3S2/c1-15(2)14-17-5-7-19(8-6-17)28(25,26)23-12-10-18(11-13-23)22-21(24)20-9-4-16(3)27-20/h4-9,15,18H,10-14H2,1-3H3,(H,22,24). The number of aryl methyl sites for hydroxylation is 1. The predicted octanol–water partition coefficient (Wildman–Crippen LogP) is 3.84. The van der Waals surface area contributed by atoms with Crippen molar-refractivity contribution in [1.29, 1.82) is 0 Å². The Morgan fingerprint density at radius 1 is 1.14 bits per heavy atom. The van der Waals surface area contributed by atoms with E-state index in [9.17, 15) is 13.2 Å². The van der Waals surface area contributed by atoms with Crippen molar-refractivity contribution in [3.63, 3.8) is 0 Å². The van der Waals surface area contributed by atoms with Gasteiger partial charge in [0.2, 0.25) is 10.0 Å². The van der Waals surface area contributed by atoms with E-state index in [1.165, 1.54) is 15.6 Å². The van der Waals surface area contributed by atoms with Gasteiger partial charge in [-0.05, 0) is 61.9 Å². The minimum absolute atomic E-state index is 0.00905. The van der Waals surface area contributed by atoms with E-state index in [2.05, 4.69) is 19.2 Å². The fraction of sp³-hybridized carbons (Fsp3) is 0.476. The van der Waals surface area contributed by atoms with Gasteiger partial charge < -0.3 is 5.32 Å². The van der Waals surface area contributed by atoms with Crippen LogP contribution in [0.4, 0.5) is 0 Å². The predicted molar refractivity (Wildman–Crippen MR) is 113 cm³/mol. The molecule has 5 nitrogen and oxygen atoms in total. The number of rotatable bonds is 6. The Morgan fingerprint density at radius 2 is 1.79 bits per heavy atom. The third-order valence-electron chi connectivity index (χ3n) is 4.96. The molecular formula is C21H28N2O3S2. The number of benzene rings is 1. The molecule has 0 saturated carbocycles. The summed E-state index contributed by atoms with van der Waals surface area (Å²) in [6.07, 6.45) is 2.19. The molecule has 1 fully saturated rings. The average Bonchev–Trinajstić information content (AvgIpc) is 3.09. The lowest BCUT2D eigenvalue weighted by Crippen LogP contribution is -2.46. The maximum absolute atomic E-state index is 12.9. The quantitative estimate of drug-likeness (QED) is 0.772. The molecule has 0 bridgehead atoms. The zero-order valence-electron chi connectivity index (χ0n) is 16.6. The number of nitrogens with zero attached hydrogens (tertiary/aromatic N) is 1. The Labute approximate surface area is 171 Å². The van der Waals surface area contributed by atoms with E-state index in [0.717, 1.165) is 16.9 Å². The van der Waals surface area contributed by atoms with Gasteiger partial charge in [-0.15, -0.1) is 11.3 Å². The molecule has 1 N–H and O–H groups in total. The molecule has 152 valence electrons. The van der Waals surface area contributed by atoms with Crippen LogP contribution in [0.2, 0.25) is 0 Å². The van der Waals surface area contributed by atoms with Crippen molar-refractivity contribution in [1.82, 2.24) is 9.62 Å². The molecule has 1 aromatic heterocycles. The summed E-state index contributed by atoms with van der Waals surface area (Å²) < 4.78 is 27.4. The van der Waals surface area contributed by atoms with Gasteiger partial charge >= 0.3 is 0 Å². The second kappa shape index (κ2) is 8.76. The molecule has 2 aromatic rings. The van der Waals surface area contributed by atoms with Gasteiger partial charge in [0.15, 0.2) is 0 Å². The van der Waals surface area contributed by atoms with Crippen LogP contribution in [0.1, 0.15) is 46.8 Å². The van der Waals surface area contributed by atoms with E-state index in [4.69, 9.17) is 0 Å². The van der Waals surface area contributed by atoms with Gasteiger partial charge in [0.25, 0.3) is 5.91 Å². The van der Waals surface area contributed by atoms with E-state index in [0.29, 0.717) is 41.6 Å². The van der Waals surface area contributed by atoms with Gasteiger partial charge in [0, 0.05) is 24.0 Å². The average molecular weight is 421 g/mol. The van der Waals surface area contributed by atoms with Crippen molar-refractivity contribution in [3.05, 3.63) is 51.7 Å². The van der Waals surface area contributed by atoms with Crippen molar-refractivity contribution in [2.45, 2.75) is 51.0 Å². The van der Waals surface area contributed by atoms with Crippen LogP contribution in [-0.2, 0) is 16.4 Å². The normalized spacial score (nSPS) is 16.4. The first kappa shape index (κ1) is 21.0. The molecule has 0 unspecified atom stereocenters. The number of hydrogen-bond acceptors (Lipinski definition) is 4. The van der Waals surface area contributed by atoms with Crippen molar-refractivity contribution in [3.8, 4) is 0 Å². The van der Waals surface area contributed by atoms with Crippen LogP contribution < -0.4 is 5.32 Å². The molecule has 1 saturated heterocycles. The Bertz CT molecular complexity index is 909. The summed E-state index contributed by atoms with van der Waals surface area (Å²) in [7, 11) is -3.49. The molecule has 28 heavy (non-hydrogen) atoms. The van der Waals surface area contributed by atoms with Gasteiger partial charge in [-0.2, -0.15) is 4.31 Å². The fourth-order valence-electron chi connectivity index (χ4n) is 3.47.